The summed E-state index contributed by atoms with van der Waals surface area (Å²) in [6.45, 7) is 1.92. The van der Waals surface area contributed by atoms with E-state index in [9.17, 15) is 4.79 Å². The Hall–Kier alpha value is -2.44. The van der Waals surface area contributed by atoms with E-state index in [0.717, 1.165) is 30.9 Å². The quantitative estimate of drug-likeness (QED) is 0.889. The van der Waals surface area contributed by atoms with E-state index >= 15 is 0 Å². The lowest BCUT2D eigenvalue weighted by Crippen LogP contribution is -2.36. The van der Waals surface area contributed by atoms with E-state index in [2.05, 4.69) is 25.8 Å². The summed E-state index contributed by atoms with van der Waals surface area (Å²) in [5.41, 5.74) is 0. The second-order valence-electron chi connectivity index (χ2n) is 5.52. The third kappa shape index (κ3) is 2.79. The van der Waals surface area contributed by atoms with Gasteiger partial charge in [0.25, 0.3) is 0 Å². The van der Waals surface area contributed by atoms with Crippen LogP contribution in [0.1, 0.15) is 25.1 Å². The molecule has 2 atom stereocenters. The molecule has 1 fully saturated rings. The lowest BCUT2D eigenvalue weighted by Gasteiger charge is -2.19. The number of hydrogen-bond acceptors (Lipinski definition) is 5. The van der Waals surface area contributed by atoms with Crippen LogP contribution in [0.15, 0.2) is 24.5 Å². The van der Waals surface area contributed by atoms with Crippen LogP contribution in [0, 0.1) is 12.8 Å². The molecule has 2 aromatic rings. The molecule has 2 unspecified atom stereocenters. The first kappa shape index (κ1) is 14.5. The van der Waals surface area contributed by atoms with Crippen LogP contribution in [0.4, 0.5) is 5.82 Å². The number of anilines is 1. The normalized spacial score (nSPS) is 20.8. The predicted octanol–water partition coefficient (Wildman–Crippen LogP) is 1.30. The van der Waals surface area contributed by atoms with Crippen molar-refractivity contribution in [3.63, 3.8) is 0 Å². The average Bonchev–Trinajstić information content (AvgIpc) is 3.16. The van der Waals surface area contributed by atoms with Gasteiger partial charge in [0.05, 0.1) is 5.92 Å². The van der Waals surface area contributed by atoms with Gasteiger partial charge in [0.2, 0.25) is 5.91 Å². The summed E-state index contributed by atoms with van der Waals surface area (Å²) >= 11 is 0. The Bertz CT molecular complexity index is 650. The number of rotatable bonds is 4. The van der Waals surface area contributed by atoms with Crippen molar-refractivity contribution in [2.24, 2.45) is 5.92 Å². The Kier molecular flexibility index (Phi) is 4.04. The van der Waals surface area contributed by atoms with Crippen LogP contribution in [0.25, 0.3) is 5.82 Å². The van der Waals surface area contributed by atoms with Crippen molar-refractivity contribution in [1.29, 1.82) is 0 Å². The van der Waals surface area contributed by atoms with Gasteiger partial charge in [0, 0.05) is 25.5 Å². The summed E-state index contributed by atoms with van der Waals surface area (Å²) in [7, 11) is 1.68. The van der Waals surface area contributed by atoms with Crippen molar-refractivity contribution >= 4 is 11.7 Å². The molecule has 0 saturated heterocycles. The molecular formula is C15H20N6O. The molecule has 0 radical (unpaired) electrons. The monoisotopic (exact) mass is 300 g/mol. The van der Waals surface area contributed by atoms with Gasteiger partial charge in [-0.3, -0.25) is 9.36 Å². The van der Waals surface area contributed by atoms with Crippen LogP contribution in [0.3, 0.4) is 0 Å². The van der Waals surface area contributed by atoms with Crippen molar-refractivity contribution in [2.75, 3.05) is 12.4 Å². The van der Waals surface area contributed by atoms with Gasteiger partial charge in [-0.05, 0) is 31.9 Å². The molecule has 1 aliphatic carbocycles. The van der Waals surface area contributed by atoms with E-state index in [0.29, 0.717) is 5.82 Å². The Morgan fingerprint density at radius 2 is 2.18 bits per heavy atom. The molecule has 22 heavy (non-hydrogen) atoms. The summed E-state index contributed by atoms with van der Waals surface area (Å²) < 4.78 is 1.87. The zero-order valence-corrected chi connectivity index (χ0v) is 12.8. The van der Waals surface area contributed by atoms with Crippen molar-refractivity contribution < 1.29 is 4.79 Å². The second-order valence-corrected chi connectivity index (χ2v) is 5.52. The summed E-state index contributed by atoms with van der Waals surface area (Å²) in [5, 5.41) is 14.5. The highest BCUT2D eigenvalue weighted by Gasteiger charge is 2.32. The Balaban J connectivity index is 1.71. The van der Waals surface area contributed by atoms with Gasteiger partial charge >= 0.3 is 0 Å². The largest absolute Gasteiger partial charge is 0.365 e. The molecule has 1 aliphatic rings. The van der Waals surface area contributed by atoms with Crippen LogP contribution >= 0.6 is 0 Å². The van der Waals surface area contributed by atoms with Gasteiger partial charge in [-0.25, -0.2) is 4.98 Å². The van der Waals surface area contributed by atoms with Crippen LogP contribution in [-0.4, -0.2) is 38.7 Å². The molecule has 0 bridgehead atoms. The van der Waals surface area contributed by atoms with E-state index < -0.39 is 0 Å². The molecule has 1 saturated carbocycles. The molecule has 7 heteroatoms. The number of aromatic nitrogens is 4. The first-order valence-electron chi connectivity index (χ1n) is 7.51. The van der Waals surface area contributed by atoms with Gasteiger partial charge in [-0.2, -0.15) is 0 Å². The Labute approximate surface area is 129 Å². The molecule has 2 N–H and O–H groups in total. The van der Waals surface area contributed by atoms with Crippen LogP contribution in [-0.2, 0) is 4.79 Å². The topological polar surface area (TPSA) is 84.7 Å². The van der Waals surface area contributed by atoms with Gasteiger partial charge in [0.15, 0.2) is 5.82 Å². The number of aryl methyl sites for hydroxylation is 1. The molecule has 116 valence electrons. The summed E-state index contributed by atoms with van der Waals surface area (Å²) in [5.74, 6) is 2.39. The van der Waals surface area contributed by atoms with Crippen molar-refractivity contribution in [3.05, 3.63) is 30.4 Å². The molecule has 1 amide bonds. The fraction of sp³-hybridized carbons (Fsp3) is 0.467. The van der Waals surface area contributed by atoms with Gasteiger partial charge in [-0.1, -0.05) is 6.42 Å². The first-order chi connectivity index (χ1) is 10.7. The lowest BCUT2D eigenvalue weighted by molar-refractivity contribution is -0.124. The number of hydrogen-bond donors (Lipinski definition) is 2. The number of nitrogens with zero attached hydrogens (tertiary/aromatic N) is 4. The molecule has 0 spiro atoms. The van der Waals surface area contributed by atoms with Crippen molar-refractivity contribution in [3.8, 4) is 5.82 Å². The van der Waals surface area contributed by atoms with Crippen molar-refractivity contribution in [2.45, 2.75) is 32.2 Å². The van der Waals surface area contributed by atoms with E-state index in [1.54, 1.807) is 13.2 Å². The molecule has 0 aromatic carbocycles. The summed E-state index contributed by atoms with van der Waals surface area (Å²) in [4.78, 5) is 16.0. The lowest BCUT2D eigenvalue weighted by atomic mass is 10.0. The maximum absolute atomic E-state index is 11.9. The van der Waals surface area contributed by atoms with E-state index in [1.165, 1.54) is 0 Å². The molecular weight excluding hydrogens is 280 g/mol. The third-order valence-electron chi connectivity index (χ3n) is 4.16. The molecule has 2 aromatic heterocycles. The van der Waals surface area contributed by atoms with Gasteiger partial charge < -0.3 is 10.6 Å². The van der Waals surface area contributed by atoms with Crippen molar-refractivity contribution in [1.82, 2.24) is 25.1 Å². The highest BCUT2D eigenvalue weighted by molar-refractivity contribution is 5.79. The summed E-state index contributed by atoms with van der Waals surface area (Å²) in [6.07, 6.45) is 6.52. The van der Waals surface area contributed by atoms with Gasteiger partial charge in [-0.15, -0.1) is 10.2 Å². The molecule has 3 rings (SSSR count). The fourth-order valence-electron chi connectivity index (χ4n) is 2.97. The minimum absolute atomic E-state index is 0.00219. The number of carbonyl (C=O) groups is 1. The molecule has 7 nitrogen and oxygen atoms in total. The standard InChI is InChI=1S/C15H20N6O/c1-10-17-8-9-21(10)14-7-6-13(19-20-14)18-12-5-3-4-11(12)15(22)16-2/h6-9,11-12H,3-5H2,1-2H3,(H,16,22)(H,18,19). The maximum Gasteiger partial charge on any atom is 0.224 e. The highest BCUT2D eigenvalue weighted by Crippen LogP contribution is 2.28. The van der Waals surface area contributed by atoms with Crippen LogP contribution in [0.5, 0.6) is 0 Å². The predicted molar refractivity (Wildman–Crippen MR) is 82.7 cm³/mol. The average molecular weight is 300 g/mol. The number of carbonyl (C=O) groups excluding carboxylic acids is 1. The summed E-state index contributed by atoms with van der Waals surface area (Å²) in [6, 6.07) is 3.91. The van der Waals surface area contributed by atoms with E-state index in [4.69, 9.17) is 0 Å². The van der Waals surface area contributed by atoms with Crippen LogP contribution in [0.2, 0.25) is 0 Å². The molecule has 2 heterocycles. The number of amides is 1. The highest BCUT2D eigenvalue weighted by atomic mass is 16.1. The Morgan fingerprint density at radius 1 is 1.32 bits per heavy atom. The first-order valence-corrected chi connectivity index (χ1v) is 7.51. The number of imidazole rings is 1. The SMILES string of the molecule is CNC(=O)C1CCCC1Nc1ccc(-n2ccnc2C)nn1. The zero-order valence-electron chi connectivity index (χ0n) is 12.8. The minimum Gasteiger partial charge on any atom is -0.365 e. The minimum atomic E-state index is 0.00219. The van der Waals surface area contributed by atoms with Crippen LogP contribution < -0.4 is 10.6 Å². The zero-order chi connectivity index (χ0) is 15.5. The molecule has 0 aliphatic heterocycles. The Morgan fingerprint density at radius 3 is 2.82 bits per heavy atom. The smallest absolute Gasteiger partial charge is 0.224 e. The second kappa shape index (κ2) is 6.13. The van der Waals surface area contributed by atoms with E-state index in [-0.39, 0.29) is 17.9 Å². The maximum atomic E-state index is 11.9. The number of nitrogens with one attached hydrogen (secondary N) is 2. The third-order valence-corrected chi connectivity index (χ3v) is 4.16. The van der Waals surface area contributed by atoms with Gasteiger partial charge in [0.1, 0.15) is 11.6 Å². The van der Waals surface area contributed by atoms with E-state index in [1.807, 2.05) is 29.8 Å². The fourth-order valence-corrected chi connectivity index (χ4v) is 2.97.